The molecular weight excluding hydrogens is 188 g/mol. The number of rotatable bonds is 1. The van der Waals surface area contributed by atoms with Crippen molar-refractivity contribution in [2.75, 3.05) is 13.2 Å². The Hall–Kier alpha value is -1.44. The van der Waals surface area contributed by atoms with E-state index >= 15 is 0 Å². The van der Waals surface area contributed by atoms with E-state index in [0.29, 0.717) is 0 Å². The molecule has 0 bridgehead atoms. The van der Waals surface area contributed by atoms with Crippen molar-refractivity contribution in [1.82, 2.24) is 0 Å². The van der Waals surface area contributed by atoms with Crippen LogP contribution in [0, 0.1) is 0 Å². The zero-order valence-corrected chi connectivity index (χ0v) is 9.08. The fourth-order valence-electron chi connectivity index (χ4n) is 1.57. The van der Waals surface area contributed by atoms with Crippen LogP contribution < -0.4 is 9.47 Å². The van der Waals surface area contributed by atoms with E-state index in [1.807, 2.05) is 25.1 Å². The Morgan fingerprint density at radius 1 is 1.13 bits per heavy atom. The van der Waals surface area contributed by atoms with Crippen LogP contribution in [0.2, 0.25) is 0 Å². The molecule has 0 saturated heterocycles. The molecule has 0 unspecified atom stereocenters. The highest BCUT2D eigenvalue weighted by Gasteiger charge is 2.09. The van der Waals surface area contributed by atoms with Gasteiger partial charge in [-0.15, -0.1) is 0 Å². The van der Waals surface area contributed by atoms with Crippen molar-refractivity contribution in [2.24, 2.45) is 0 Å². The van der Waals surface area contributed by atoms with Crippen LogP contribution in [0.5, 0.6) is 11.5 Å². The summed E-state index contributed by atoms with van der Waals surface area (Å²) in [6, 6.07) is 5.99. The maximum atomic E-state index is 5.65. The predicted octanol–water partition coefficient (Wildman–Crippen LogP) is 3.27. The van der Waals surface area contributed by atoms with Gasteiger partial charge in [0.1, 0.15) is 0 Å². The maximum Gasteiger partial charge on any atom is 0.161 e. The molecule has 0 saturated carbocycles. The molecule has 1 aliphatic heterocycles. The highest BCUT2D eigenvalue weighted by molar-refractivity contribution is 5.64. The molecule has 80 valence electrons. The lowest BCUT2D eigenvalue weighted by Gasteiger charge is -2.17. The minimum atomic E-state index is 0.774. The molecule has 0 aliphatic carbocycles. The summed E-state index contributed by atoms with van der Waals surface area (Å²) in [5.41, 5.74) is 2.15. The molecule has 0 radical (unpaired) electrons. The summed E-state index contributed by atoms with van der Waals surface area (Å²) in [5.74, 6) is 1.69. The van der Waals surface area contributed by atoms with E-state index < -0.39 is 0 Å². The molecule has 15 heavy (non-hydrogen) atoms. The fourth-order valence-corrected chi connectivity index (χ4v) is 1.57. The second kappa shape index (κ2) is 4.39. The Kier molecular flexibility index (Phi) is 2.95. The maximum absolute atomic E-state index is 5.65. The summed E-state index contributed by atoms with van der Waals surface area (Å²) in [7, 11) is 0. The molecule has 1 heterocycles. The Morgan fingerprint density at radius 2 is 1.80 bits per heavy atom. The lowest BCUT2D eigenvalue weighted by Crippen LogP contribution is -2.08. The van der Waals surface area contributed by atoms with Gasteiger partial charge in [0.05, 0.1) is 13.2 Å². The van der Waals surface area contributed by atoms with Crippen molar-refractivity contribution in [2.45, 2.75) is 19.8 Å². The number of benzene rings is 1. The van der Waals surface area contributed by atoms with Gasteiger partial charge in [0, 0.05) is 0 Å². The van der Waals surface area contributed by atoms with E-state index in [2.05, 4.69) is 6.58 Å². The molecule has 1 aromatic rings. The van der Waals surface area contributed by atoms with Crippen molar-refractivity contribution in [1.29, 1.82) is 0 Å². The highest BCUT2D eigenvalue weighted by atomic mass is 16.5. The van der Waals surface area contributed by atoms with Gasteiger partial charge in [0.2, 0.25) is 0 Å². The van der Waals surface area contributed by atoms with Gasteiger partial charge in [0.15, 0.2) is 11.5 Å². The summed E-state index contributed by atoms with van der Waals surface area (Å²) in [4.78, 5) is 0. The Morgan fingerprint density at radius 3 is 2.47 bits per heavy atom. The molecule has 2 heteroatoms. The van der Waals surface area contributed by atoms with Crippen LogP contribution in [0.25, 0.3) is 5.57 Å². The van der Waals surface area contributed by atoms with Crippen LogP contribution in [-0.2, 0) is 0 Å². The van der Waals surface area contributed by atoms with E-state index in [1.165, 1.54) is 0 Å². The quantitative estimate of drug-likeness (QED) is 0.699. The van der Waals surface area contributed by atoms with Gasteiger partial charge in [0.25, 0.3) is 0 Å². The Balaban J connectivity index is 2.31. The second-order valence-electron chi connectivity index (χ2n) is 3.85. The van der Waals surface area contributed by atoms with Gasteiger partial charge in [-0.05, 0) is 37.5 Å². The summed E-state index contributed by atoms with van der Waals surface area (Å²) < 4.78 is 11.3. The molecule has 1 aromatic carbocycles. The zero-order valence-electron chi connectivity index (χ0n) is 9.08. The third-order valence-electron chi connectivity index (χ3n) is 2.49. The van der Waals surface area contributed by atoms with Crippen molar-refractivity contribution in [3.63, 3.8) is 0 Å². The number of hydrogen-bond acceptors (Lipinski definition) is 2. The summed E-state index contributed by atoms with van der Waals surface area (Å²) >= 11 is 0. The third kappa shape index (κ3) is 2.32. The normalized spacial score (nSPS) is 15.3. The Labute approximate surface area is 90.5 Å². The predicted molar refractivity (Wildman–Crippen MR) is 61.4 cm³/mol. The Bertz CT molecular complexity index is 369. The third-order valence-corrected chi connectivity index (χ3v) is 2.49. The summed E-state index contributed by atoms with van der Waals surface area (Å²) in [6.45, 7) is 7.47. The van der Waals surface area contributed by atoms with Gasteiger partial charge >= 0.3 is 0 Å². The first-order valence-electron chi connectivity index (χ1n) is 5.33. The average molecular weight is 204 g/mol. The number of fused-ring (bicyclic) bond motifs is 1. The molecule has 2 nitrogen and oxygen atoms in total. The smallest absolute Gasteiger partial charge is 0.161 e. The van der Waals surface area contributed by atoms with Gasteiger partial charge in [-0.1, -0.05) is 18.2 Å². The molecule has 0 spiro atoms. The van der Waals surface area contributed by atoms with E-state index in [1.54, 1.807) is 0 Å². The molecule has 0 amide bonds. The topological polar surface area (TPSA) is 18.5 Å². The van der Waals surface area contributed by atoms with Crippen molar-refractivity contribution < 1.29 is 9.47 Å². The van der Waals surface area contributed by atoms with Crippen LogP contribution in [-0.4, -0.2) is 13.2 Å². The molecule has 0 aromatic heterocycles. The zero-order chi connectivity index (χ0) is 10.7. The fraction of sp³-hybridized carbons (Fsp3) is 0.385. The lowest BCUT2D eigenvalue weighted by atomic mass is 10.1. The van der Waals surface area contributed by atoms with Gasteiger partial charge in [-0.2, -0.15) is 0 Å². The van der Waals surface area contributed by atoms with Crippen LogP contribution in [0.15, 0.2) is 24.8 Å². The molecule has 2 rings (SSSR count). The highest BCUT2D eigenvalue weighted by Crippen LogP contribution is 2.31. The van der Waals surface area contributed by atoms with Crippen LogP contribution in [0.1, 0.15) is 25.3 Å². The van der Waals surface area contributed by atoms with Crippen molar-refractivity contribution >= 4 is 5.57 Å². The van der Waals surface area contributed by atoms with Crippen molar-refractivity contribution in [3.05, 3.63) is 30.3 Å². The van der Waals surface area contributed by atoms with Gasteiger partial charge in [-0.25, -0.2) is 0 Å². The summed E-state index contributed by atoms with van der Waals surface area (Å²) in [5, 5.41) is 0. The first kappa shape index (κ1) is 10.1. The van der Waals surface area contributed by atoms with E-state index in [0.717, 1.165) is 48.7 Å². The SMILES string of the molecule is C=C(C)c1ccc2c(c1)OCCCCO2. The molecular formula is C13H16O2. The average Bonchev–Trinajstić information content (AvgIpc) is 2.18. The first-order valence-corrected chi connectivity index (χ1v) is 5.33. The van der Waals surface area contributed by atoms with E-state index in [4.69, 9.17) is 9.47 Å². The van der Waals surface area contributed by atoms with Crippen LogP contribution in [0.4, 0.5) is 0 Å². The van der Waals surface area contributed by atoms with Gasteiger partial charge in [-0.3, -0.25) is 0 Å². The minimum absolute atomic E-state index is 0.774. The number of allylic oxidation sites excluding steroid dienone is 1. The molecule has 0 fully saturated rings. The lowest BCUT2D eigenvalue weighted by molar-refractivity contribution is 0.223. The van der Waals surface area contributed by atoms with E-state index in [-0.39, 0.29) is 0 Å². The van der Waals surface area contributed by atoms with Crippen LogP contribution in [0.3, 0.4) is 0 Å². The standard InChI is InChI=1S/C13H16O2/c1-10(2)11-5-6-12-13(9-11)15-8-4-3-7-14-12/h5-6,9H,1,3-4,7-8H2,2H3. The van der Waals surface area contributed by atoms with E-state index in [9.17, 15) is 0 Å². The monoisotopic (exact) mass is 204 g/mol. The van der Waals surface area contributed by atoms with Gasteiger partial charge < -0.3 is 9.47 Å². The van der Waals surface area contributed by atoms with Crippen molar-refractivity contribution in [3.8, 4) is 11.5 Å². The molecule has 1 aliphatic rings. The second-order valence-corrected chi connectivity index (χ2v) is 3.85. The minimum Gasteiger partial charge on any atom is -0.490 e. The number of hydrogen-bond donors (Lipinski definition) is 0. The molecule has 0 N–H and O–H groups in total. The molecule has 0 atom stereocenters. The van der Waals surface area contributed by atoms with Crippen LogP contribution >= 0.6 is 0 Å². The summed E-state index contributed by atoms with van der Waals surface area (Å²) in [6.07, 6.45) is 2.11. The largest absolute Gasteiger partial charge is 0.490 e. The first-order chi connectivity index (χ1) is 7.27. The number of ether oxygens (including phenoxy) is 2.